The lowest BCUT2D eigenvalue weighted by Crippen LogP contribution is -2.63. The van der Waals surface area contributed by atoms with Crippen molar-refractivity contribution >= 4 is 58.7 Å². The topological polar surface area (TPSA) is 177 Å². The number of esters is 1. The van der Waals surface area contributed by atoms with E-state index in [0.29, 0.717) is 25.7 Å². The molecule has 0 bridgehead atoms. The predicted molar refractivity (Wildman–Crippen MR) is 182 cm³/mol. The van der Waals surface area contributed by atoms with E-state index in [1.807, 2.05) is 24.3 Å². The molecule has 12 nitrogen and oxygen atoms in total. The second-order valence-electron chi connectivity index (χ2n) is 16.1. The molecule has 268 valence electrons. The molecule has 49 heavy (non-hydrogen) atoms. The summed E-state index contributed by atoms with van der Waals surface area (Å²) in [7, 11) is 0. The van der Waals surface area contributed by atoms with Crippen LogP contribution in [-0.2, 0) is 41.6 Å². The van der Waals surface area contributed by atoms with Gasteiger partial charge >= 0.3 is 12.0 Å². The van der Waals surface area contributed by atoms with E-state index < -0.39 is 86.7 Å². The van der Waals surface area contributed by atoms with Crippen LogP contribution in [-0.4, -0.2) is 81.6 Å². The first-order chi connectivity index (χ1) is 22.7. The minimum absolute atomic E-state index is 0.0447. The molecule has 1 heterocycles. The number of rotatable bonds is 10. The van der Waals surface area contributed by atoms with Crippen molar-refractivity contribution in [1.29, 1.82) is 0 Å². The number of hydrogen-bond acceptors (Lipinski definition) is 7. The Bertz CT molecular complexity index is 1510. The van der Waals surface area contributed by atoms with Crippen molar-refractivity contribution in [2.75, 3.05) is 6.54 Å². The number of amides is 5. The third-order valence-electron chi connectivity index (χ3n) is 10.4. The van der Waals surface area contributed by atoms with Crippen molar-refractivity contribution in [3.63, 3.8) is 0 Å². The van der Waals surface area contributed by atoms with E-state index in [1.165, 1.54) is 4.90 Å². The molecule has 4 aliphatic rings. The Morgan fingerprint density at radius 3 is 1.94 bits per heavy atom. The number of piperidine rings is 1. The number of nitrogens with two attached hydrogens (primary N) is 1. The molecule has 5 rings (SSSR count). The summed E-state index contributed by atoms with van der Waals surface area (Å²) < 4.78 is 4.61. The highest BCUT2D eigenvalue weighted by atomic mass is 35.5. The molecule has 5 N–H and O–H groups in total. The van der Waals surface area contributed by atoms with Gasteiger partial charge in [-0.25, -0.2) is 9.59 Å². The zero-order chi connectivity index (χ0) is 36.2. The number of ether oxygens (including phenoxy) is 1. The molecule has 6 atom stereocenters. The van der Waals surface area contributed by atoms with E-state index in [-0.39, 0.29) is 18.6 Å². The van der Waals surface area contributed by atoms with Gasteiger partial charge in [-0.3, -0.25) is 19.2 Å². The number of carbonyl (C=O) groups is 6. The molecule has 2 saturated carbocycles. The van der Waals surface area contributed by atoms with E-state index in [0.717, 1.165) is 17.5 Å². The van der Waals surface area contributed by atoms with Crippen LogP contribution in [0.3, 0.4) is 0 Å². The lowest BCUT2D eigenvalue weighted by Gasteiger charge is -2.39. The van der Waals surface area contributed by atoms with Crippen LogP contribution < -0.4 is 21.7 Å². The van der Waals surface area contributed by atoms with Gasteiger partial charge in [0, 0.05) is 31.2 Å². The van der Waals surface area contributed by atoms with Crippen molar-refractivity contribution in [3.8, 4) is 0 Å². The van der Waals surface area contributed by atoms with Gasteiger partial charge in [0.15, 0.2) is 0 Å². The number of primary amides is 1. The quantitative estimate of drug-likeness (QED) is 0.163. The average Bonchev–Trinajstić information content (AvgIpc) is 3.31. The predicted octanol–water partition coefficient (Wildman–Crippen LogP) is 2.80. The lowest BCUT2D eigenvalue weighted by atomic mass is 9.78. The van der Waals surface area contributed by atoms with Gasteiger partial charge < -0.3 is 31.3 Å². The monoisotopic (exact) mass is 719 g/mol. The molecule has 1 aromatic carbocycles. The number of alkyl halides is 2. The molecule has 0 spiro atoms. The third-order valence-corrected chi connectivity index (χ3v) is 11.5. The molecule has 3 aliphatic carbocycles. The number of halogens is 2. The van der Waals surface area contributed by atoms with Gasteiger partial charge in [0.2, 0.25) is 17.6 Å². The molecule has 1 saturated heterocycles. The van der Waals surface area contributed by atoms with E-state index in [2.05, 4.69) is 16.0 Å². The van der Waals surface area contributed by atoms with Crippen LogP contribution in [0.25, 0.3) is 0 Å². The first kappa shape index (κ1) is 36.9. The minimum atomic E-state index is -1.26. The van der Waals surface area contributed by atoms with Crippen molar-refractivity contribution in [3.05, 3.63) is 35.4 Å². The molecule has 1 unspecified atom stereocenters. The van der Waals surface area contributed by atoms with E-state index >= 15 is 0 Å². The first-order valence-corrected chi connectivity index (χ1v) is 17.6. The Morgan fingerprint density at radius 1 is 0.898 bits per heavy atom. The first-order valence-electron chi connectivity index (χ1n) is 16.9. The number of likely N-dealkylation sites (tertiary alicyclic amines) is 1. The maximum absolute atomic E-state index is 14.3. The van der Waals surface area contributed by atoms with Gasteiger partial charge in [-0.1, -0.05) is 72.2 Å². The van der Waals surface area contributed by atoms with Gasteiger partial charge in [0.25, 0.3) is 5.91 Å². The Balaban J connectivity index is 1.30. The van der Waals surface area contributed by atoms with E-state index in [9.17, 15) is 28.8 Å². The number of Topliss-reactive ketones (excluding diaryl/α,β-unsaturated/α-hetero) is 1. The normalized spacial score (nSPS) is 24.7. The molecule has 1 aliphatic heterocycles. The lowest BCUT2D eigenvalue weighted by molar-refractivity contribution is -0.153. The van der Waals surface area contributed by atoms with E-state index in [4.69, 9.17) is 33.7 Å². The second-order valence-corrected chi connectivity index (χ2v) is 17.5. The van der Waals surface area contributed by atoms with Crippen molar-refractivity contribution in [2.45, 2.75) is 108 Å². The van der Waals surface area contributed by atoms with Crippen LogP contribution in [0.5, 0.6) is 0 Å². The van der Waals surface area contributed by atoms with Gasteiger partial charge in [-0.15, -0.1) is 23.2 Å². The average molecular weight is 721 g/mol. The highest BCUT2D eigenvalue weighted by molar-refractivity contribution is 6.51. The Morgan fingerprint density at radius 2 is 1.45 bits per heavy atom. The summed E-state index contributed by atoms with van der Waals surface area (Å²) in [6, 6.07) is 2.68. The number of nitrogens with zero attached hydrogens (tertiary/aromatic N) is 1. The third kappa shape index (κ3) is 7.55. The molecule has 3 fully saturated rings. The summed E-state index contributed by atoms with van der Waals surface area (Å²) >= 11 is 13.0. The smallest absolute Gasteiger partial charge is 0.329 e. The SMILES string of the molecule is CC(C)(C)[C@@H](NC(=O)N[C@@H](C(=O)N1C[C@H]2[C@@H]([C@H]1C(=O)NC(C(=O)C(N)=O)C1CCC1)C2(Cl)Cl)C(C)(C)C)C(=O)OC1Cc2ccccc2C1. The van der Waals surface area contributed by atoms with Crippen LogP contribution in [0.4, 0.5) is 4.79 Å². The van der Waals surface area contributed by atoms with E-state index in [1.54, 1.807) is 41.5 Å². The summed E-state index contributed by atoms with van der Waals surface area (Å²) in [5, 5.41) is 8.18. The molecule has 5 amide bonds. The summed E-state index contributed by atoms with van der Waals surface area (Å²) in [6.07, 6.45) is 2.94. The number of benzene rings is 1. The fourth-order valence-electron chi connectivity index (χ4n) is 7.28. The summed E-state index contributed by atoms with van der Waals surface area (Å²) in [6.45, 7) is 10.8. The minimum Gasteiger partial charge on any atom is -0.460 e. The molecular formula is C35H47Cl2N5O7. The van der Waals surface area contributed by atoms with Gasteiger partial charge in [0.1, 0.15) is 34.6 Å². The zero-order valence-corrected chi connectivity index (χ0v) is 30.3. The largest absolute Gasteiger partial charge is 0.460 e. The van der Waals surface area contributed by atoms with Crippen LogP contribution in [0, 0.1) is 28.6 Å². The Hall–Kier alpha value is -3.38. The van der Waals surface area contributed by atoms with Crippen molar-refractivity contribution in [2.24, 2.45) is 34.3 Å². The molecule has 0 radical (unpaired) electrons. The fraction of sp³-hybridized carbons (Fsp3) is 0.657. The van der Waals surface area contributed by atoms with Crippen LogP contribution in [0.2, 0.25) is 0 Å². The standard InChI is InChI=1S/C35H47Cl2N5O7/c1-33(2,3)26(40-32(48)41-27(34(4,5)6)31(47)49-20-14-18-10-7-8-11-19(18)15-20)30(46)42-16-21-22(35(21,36)37)24(42)29(45)39-23(17-12-9-13-17)25(43)28(38)44/h7-8,10-11,17,20-24,26-27H,9,12-16H2,1-6H3,(H2,38,44)(H,39,45)(H2,40,41,48)/t21-,22-,23?,24-,26-,27-/m0/s1. The summed E-state index contributed by atoms with van der Waals surface area (Å²) in [4.78, 5) is 81.0. The maximum Gasteiger partial charge on any atom is 0.329 e. The Labute approximate surface area is 296 Å². The fourth-order valence-corrected chi connectivity index (χ4v) is 8.10. The molecule has 14 heteroatoms. The van der Waals surface area contributed by atoms with Crippen molar-refractivity contribution < 1.29 is 33.5 Å². The summed E-state index contributed by atoms with van der Waals surface area (Å²) in [5.41, 5.74) is 5.95. The highest BCUT2D eigenvalue weighted by Gasteiger charge is 2.74. The number of ketones is 1. The van der Waals surface area contributed by atoms with Crippen molar-refractivity contribution in [1.82, 2.24) is 20.9 Å². The van der Waals surface area contributed by atoms with Gasteiger partial charge in [-0.2, -0.15) is 0 Å². The van der Waals surface area contributed by atoms with Crippen LogP contribution in [0.15, 0.2) is 24.3 Å². The molecule has 0 aromatic heterocycles. The molecule has 1 aromatic rings. The van der Waals surface area contributed by atoms with Gasteiger partial charge in [0.05, 0.1) is 0 Å². The number of hydrogen-bond donors (Lipinski definition) is 4. The molecular weight excluding hydrogens is 673 g/mol. The maximum atomic E-state index is 14.3. The second kappa shape index (κ2) is 13.4. The Kier molecular flexibility index (Phi) is 10.1. The number of nitrogens with one attached hydrogen (secondary N) is 3. The van der Waals surface area contributed by atoms with Gasteiger partial charge in [-0.05, 0) is 40.7 Å². The van der Waals surface area contributed by atoms with Crippen LogP contribution >= 0.6 is 23.2 Å². The van der Waals surface area contributed by atoms with Crippen LogP contribution in [0.1, 0.15) is 71.9 Å². The zero-order valence-electron chi connectivity index (χ0n) is 28.8. The number of urea groups is 1. The summed E-state index contributed by atoms with van der Waals surface area (Å²) in [5.74, 6) is -5.15. The highest BCUT2D eigenvalue weighted by Crippen LogP contribution is 2.65. The number of fused-ring (bicyclic) bond motifs is 2. The number of carbonyl (C=O) groups excluding carboxylic acids is 6.